The number of pyridine rings is 1. The Balaban J connectivity index is 2.43. The zero-order valence-corrected chi connectivity index (χ0v) is 14.1. The quantitative estimate of drug-likeness (QED) is 0.789. The third-order valence-corrected chi connectivity index (χ3v) is 5.01. The molecule has 0 aliphatic heterocycles. The van der Waals surface area contributed by atoms with Gasteiger partial charge in [0.1, 0.15) is 4.90 Å². The molecule has 0 unspecified atom stereocenters. The summed E-state index contributed by atoms with van der Waals surface area (Å²) in [5, 5.41) is 0.205. The van der Waals surface area contributed by atoms with Crippen molar-refractivity contribution in [2.75, 3.05) is 4.72 Å². The molecule has 2 rings (SSSR count). The molecule has 0 saturated heterocycles. The van der Waals surface area contributed by atoms with Gasteiger partial charge in [-0.25, -0.2) is 13.4 Å². The van der Waals surface area contributed by atoms with Crippen LogP contribution >= 0.6 is 39.1 Å². The van der Waals surface area contributed by atoms with Crippen molar-refractivity contribution < 1.29 is 8.42 Å². The van der Waals surface area contributed by atoms with E-state index < -0.39 is 10.0 Å². The number of halogens is 3. The van der Waals surface area contributed by atoms with E-state index in [0.717, 1.165) is 5.56 Å². The monoisotopic (exact) mass is 394 g/mol. The normalized spacial score (nSPS) is 11.4. The standard InChI is InChI=1S/C12H9BrCl2N2O2S/c1-7-2-3-11(9(14)4-7)20(18,19)17-10-5-8(13)6-16-12(10)15/h2-6,17H,1H3. The Morgan fingerprint density at radius 2 is 1.95 bits per heavy atom. The summed E-state index contributed by atoms with van der Waals surface area (Å²) in [4.78, 5) is 3.84. The number of sulfonamides is 1. The molecule has 0 aliphatic carbocycles. The molecule has 1 heterocycles. The fourth-order valence-electron chi connectivity index (χ4n) is 1.52. The Kier molecular flexibility index (Phi) is 4.59. The first-order valence-corrected chi connectivity index (χ1v) is 8.43. The third-order valence-electron chi connectivity index (χ3n) is 2.43. The van der Waals surface area contributed by atoms with Crippen LogP contribution in [0.15, 0.2) is 39.8 Å². The zero-order valence-electron chi connectivity index (χ0n) is 10.2. The summed E-state index contributed by atoms with van der Waals surface area (Å²) in [7, 11) is -3.83. The first-order valence-electron chi connectivity index (χ1n) is 5.39. The number of hydrogen-bond donors (Lipinski definition) is 1. The number of anilines is 1. The minimum Gasteiger partial charge on any atom is -0.276 e. The lowest BCUT2D eigenvalue weighted by Crippen LogP contribution is -2.14. The van der Waals surface area contributed by atoms with E-state index in [1.54, 1.807) is 12.1 Å². The molecular weight excluding hydrogens is 387 g/mol. The highest BCUT2D eigenvalue weighted by atomic mass is 79.9. The number of aryl methyl sites for hydroxylation is 1. The summed E-state index contributed by atoms with van der Waals surface area (Å²) in [6.45, 7) is 1.82. The van der Waals surface area contributed by atoms with Crippen LogP contribution in [0.5, 0.6) is 0 Å². The predicted octanol–water partition coefficient (Wildman–Crippen LogP) is 4.26. The van der Waals surface area contributed by atoms with Gasteiger partial charge in [-0.1, -0.05) is 29.3 Å². The van der Waals surface area contributed by atoms with Gasteiger partial charge in [0.2, 0.25) is 0 Å². The molecule has 1 aromatic heterocycles. The van der Waals surface area contributed by atoms with E-state index >= 15 is 0 Å². The van der Waals surface area contributed by atoms with Gasteiger partial charge >= 0.3 is 0 Å². The van der Waals surface area contributed by atoms with E-state index in [1.807, 2.05) is 6.92 Å². The van der Waals surface area contributed by atoms with Crippen LogP contribution in [0.3, 0.4) is 0 Å². The van der Waals surface area contributed by atoms with Crippen LogP contribution in [0.1, 0.15) is 5.56 Å². The van der Waals surface area contributed by atoms with Gasteiger partial charge in [-0.3, -0.25) is 4.72 Å². The maximum Gasteiger partial charge on any atom is 0.263 e. The van der Waals surface area contributed by atoms with E-state index in [1.165, 1.54) is 18.3 Å². The van der Waals surface area contributed by atoms with Crippen molar-refractivity contribution in [2.45, 2.75) is 11.8 Å². The van der Waals surface area contributed by atoms with E-state index in [-0.39, 0.29) is 20.8 Å². The van der Waals surface area contributed by atoms with Gasteiger partial charge in [0.05, 0.1) is 10.7 Å². The summed E-state index contributed by atoms with van der Waals surface area (Å²) in [6.07, 6.45) is 1.47. The molecule has 0 atom stereocenters. The third kappa shape index (κ3) is 3.44. The van der Waals surface area contributed by atoms with Crippen LogP contribution in [0.25, 0.3) is 0 Å². The highest BCUT2D eigenvalue weighted by Crippen LogP contribution is 2.28. The molecule has 106 valence electrons. The number of rotatable bonds is 3. The summed E-state index contributed by atoms with van der Waals surface area (Å²) in [5.74, 6) is 0. The van der Waals surface area contributed by atoms with E-state index in [2.05, 4.69) is 25.6 Å². The number of hydrogen-bond acceptors (Lipinski definition) is 3. The second-order valence-electron chi connectivity index (χ2n) is 4.03. The lowest BCUT2D eigenvalue weighted by molar-refractivity contribution is 0.601. The molecule has 0 amide bonds. The van der Waals surface area contributed by atoms with Crippen molar-refractivity contribution in [1.82, 2.24) is 4.98 Å². The van der Waals surface area contributed by atoms with E-state index in [9.17, 15) is 8.42 Å². The van der Waals surface area contributed by atoms with Gasteiger partial charge in [0.15, 0.2) is 5.15 Å². The molecule has 0 fully saturated rings. The first-order chi connectivity index (χ1) is 9.29. The van der Waals surface area contributed by atoms with Crippen molar-refractivity contribution in [3.05, 3.63) is 50.7 Å². The fraction of sp³-hybridized carbons (Fsp3) is 0.0833. The molecule has 0 spiro atoms. The second kappa shape index (κ2) is 5.89. The van der Waals surface area contributed by atoms with Crippen molar-refractivity contribution in [3.63, 3.8) is 0 Å². The van der Waals surface area contributed by atoms with Crippen LogP contribution in [0, 0.1) is 6.92 Å². The number of nitrogens with zero attached hydrogens (tertiary/aromatic N) is 1. The number of benzene rings is 1. The Bertz CT molecular complexity index is 766. The Labute approximate surface area is 135 Å². The highest BCUT2D eigenvalue weighted by Gasteiger charge is 2.19. The lowest BCUT2D eigenvalue weighted by atomic mass is 10.2. The lowest BCUT2D eigenvalue weighted by Gasteiger charge is -2.11. The molecule has 0 radical (unpaired) electrons. The molecule has 1 aromatic carbocycles. The molecule has 2 aromatic rings. The van der Waals surface area contributed by atoms with Crippen LogP contribution in [-0.2, 0) is 10.0 Å². The largest absolute Gasteiger partial charge is 0.276 e. The van der Waals surface area contributed by atoms with Crippen molar-refractivity contribution in [2.24, 2.45) is 0 Å². The molecular formula is C12H9BrCl2N2O2S. The maximum absolute atomic E-state index is 12.3. The van der Waals surface area contributed by atoms with Gasteiger partial charge in [-0.05, 0) is 46.6 Å². The Hall–Kier alpha value is -0.820. The van der Waals surface area contributed by atoms with Crippen LogP contribution in [0.4, 0.5) is 5.69 Å². The van der Waals surface area contributed by atoms with Gasteiger partial charge in [-0.2, -0.15) is 0 Å². The molecule has 8 heteroatoms. The molecule has 0 aliphatic rings. The van der Waals surface area contributed by atoms with Crippen molar-refractivity contribution >= 4 is 54.8 Å². The van der Waals surface area contributed by atoms with Gasteiger partial charge in [0.25, 0.3) is 10.0 Å². The number of nitrogens with one attached hydrogen (secondary N) is 1. The highest BCUT2D eigenvalue weighted by molar-refractivity contribution is 9.10. The Morgan fingerprint density at radius 1 is 1.25 bits per heavy atom. The van der Waals surface area contributed by atoms with Crippen molar-refractivity contribution in [1.29, 1.82) is 0 Å². The second-order valence-corrected chi connectivity index (χ2v) is 7.36. The minimum absolute atomic E-state index is 0.0131. The topological polar surface area (TPSA) is 59.1 Å². The van der Waals surface area contributed by atoms with Gasteiger partial charge in [0, 0.05) is 10.7 Å². The van der Waals surface area contributed by atoms with E-state index in [0.29, 0.717) is 4.47 Å². The van der Waals surface area contributed by atoms with Crippen molar-refractivity contribution in [3.8, 4) is 0 Å². The van der Waals surface area contributed by atoms with Crippen LogP contribution in [0.2, 0.25) is 10.2 Å². The summed E-state index contributed by atoms with van der Waals surface area (Å²) in [6, 6.07) is 6.21. The summed E-state index contributed by atoms with van der Waals surface area (Å²) in [5.41, 5.74) is 1.05. The van der Waals surface area contributed by atoms with Gasteiger partial charge < -0.3 is 0 Å². The average molecular weight is 396 g/mol. The van der Waals surface area contributed by atoms with Gasteiger partial charge in [-0.15, -0.1) is 0 Å². The molecule has 1 N–H and O–H groups in total. The number of aromatic nitrogens is 1. The summed E-state index contributed by atoms with van der Waals surface area (Å²) >= 11 is 15.0. The average Bonchev–Trinajstić information content (AvgIpc) is 2.33. The fourth-order valence-corrected chi connectivity index (χ4v) is 3.71. The molecule has 4 nitrogen and oxygen atoms in total. The zero-order chi connectivity index (χ0) is 14.9. The predicted molar refractivity (Wildman–Crippen MR) is 83.9 cm³/mol. The first kappa shape index (κ1) is 15.6. The van der Waals surface area contributed by atoms with E-state index in [4.69, 9.17) is 23.2 Å². The molecule has 20 heavy (non-hydrogen) atoms. The molecule has 0 bridgehead atoms. The smallest absolute Gasteiger partial charge is 0.263 e. The minimum atomic E-state index is -3.83. The Morgan fingerprint density at radius 3 is 2.60 bits per heavy atom. The maximum atomic E-state index is 12.3. The summed E-state index contributed by atoms with van der Waals surface area (Å²) < 4.78 is 27.6. The molecule has 0 saturated carbocycles. The van der Waals surface area contributed by atoms with Crippen LogP contribution < -0.4 is 4.72 Å². The SMILES string of the molecule is Cc1ccc(S(=O)(=O)Nc2cc(Br)cnc2Cl)c(Cl)c1. The van der Waals surface area contributed by atoms with Crippen LogP contribution in [-0.4, -0.2) is 13.4 Å².